The third-order valence-corrected chi connectivity index (χ3v) is 9.09. The summed E-state index contributed by atoms with van der Waals surface area (Å²) in [4.78, 5) is 47.7. The van der Waals surface area contributed by atoms with Crippen LogP contribution in [0.2, 0.25) is 0 Å². The van der Waals surface area contributed by atoms with Crippen molar-refractivity contribution in [3.63, 3.8) is 0 Å². The molecule has 1 aliphatic carbocycles. The van der Waals surface area contributed by atoms with E-state index in [1.165, 1.54) is 0 Å². The number of nitriles is 2. The molecule has 12 heteroatoms. The smallest absolute Gasteiger partial charge is 0.199 e. The van der Waals surface area contributed by atoms with E-state index in [1.54, 1.807) is 47.2 Å². The lowest BCUT2D eigenvalue weighted by molar-refractivity contribution is 0.0981. The van der Waals surface area contributed by atoms with Crippen LogP contribution in [0.25, 0.3) is 45.6 Å². The molecule has 8 rings (SSSR count). The van der Waals surface area contributed by atoms with Gasteiger partial charge >= 0.3 is 0 Å². The fraction of sp³-hybridized carbons (Fsp3) is 0. The number of halogens is 2. The molecule has 1 aliphatic rings. The summed E-state index contributed by atoms with van der Waals surface area (Å²) in [5, 5.41) is 19.6. The second-order valence-electron chi connectivity index (χ2n) is 10.7. The van der Waals surface area contributed by atoms with Crippen LogP contribution in [0.5, 0.6) is 0 Å². The lowest BCUT2D eigenvalue weighted by atomic mass is 9.83. The van der Waals surface area contributed by atoms with Crippen LogP contribution in [0.15, 0.2) is 106 Å². The molecular weight excluding hydrogens is 736 g/mol. The van der Waals surface area contributed by atoms with E-state index < -0.39 is 0 Å². The topological polar surface area (TPSA) is 143 Å². The SMILES string of the molecule is N#Cc1nc2nc(-c3c4c(c(-c5ccccn5)n3-c3ccc(Br)cc3)C(=O)c3ccccc3C4=O)n(-c3ccc(Br)cc3)c2nc1C#N. The zero-order chi connectivity index (χ0) is 33.1. The molecule has 0 fully saturated rings. The van der Waals surface area contributed by atoms with Gasteiger partial charge in [0, 0.05) is 37.6 Å². The van der Waals surface area contributed by atoms with Gasteiger partial charge in [0.1, 0.15) is 17.8 Å². The monoisotopic (exact) mass is 750 g/mol. The minimum Gasteiger partial charge on any atom is -0.303 e. The molecule has 3 aromatic carbocycles. The van der Waals surface area contributed by atoms with Gasteiger partial charge in [0.05, 0.1) is 22.5 Å². The number of nitrogens with zero attached hydrogens (tertiary/aromatic N) is 8. The van der Waals surface area contributed by atoms with Gasteiger partial charge in [0.15, 0.2) is 40.1 Å². The Balaban J connectivity index is 1.60. The summed E-state index contributed by atoms with van der Waals surface area (Å²) >= 11 is 7.01. The zero-order valence-electron chi connectivity index (χ0n) is 24.4. The molecule has 48 heavy (non-hydrogen) atoms. The Morgan fingerprint density at radius 3 is 1.71 bits per heavy atom. The number of carbonyl (C=O) groups excluding carboxylic acids is 2. The van der Waals surface area contributed by atoms with E-state index in [-0.39, 0.29) is 62.3 Å². The van der Waals surface area contributed by atoms with Gasteiger partial charge in [0.25, 0.3) is 0 Å². The highest BCUT2D eigenvalue weighted by Gasteiger charge is 2.41. The van der Waals surface area contributed by atoms with E-state index in [9.17, 15) is 20.1 Å². The highest BCUT2D eigenvalue weighted by molar-refractivity contribution is 9.10. The number of fused-ring (bicyclic) bond motifs is 3. The molecule has 0 radical (unpaired) electrons. The lowest BCUT2D eigenvalue weighted by Crippen LogP contribution is -2.20. The summed E-state index contributed by atoms with van der Waals surface area (Å²) < 4.78 is 5.14. The predicted molar refractivity (Wildman–Crippen MR) is 183 cm³/mol. The number of pyridine rings is 1. The van der Waals surface area contributed by atoms with Crippen molar-refractivity contribution < 1.29 is 9.59 Å². The van der Waals surface area contributed by atoms with Crippen LogP contribution in [0.3, 0.4) is 0 Å². The quantitative estimate of drug-likeness (QED) is 0.181. The number of imidazole rings is 1. The van der Waals surface area contributed by atoms with Crippen molar-refractivity contribution in [2.24, 2.45) is 0 Å². The van der Waals surface area contributed by atoms with Crippen molar-refractivity contribution in [1.29, 1.82) is 10.5 Å². The van der Waals surface area contributed by atoms with Gasteiger partial charge in [-0.3, -0.25) is 19.1 Å². The van der Waals surface area contributed by atoms with Crippen molar-refractivity contribution >= 4 is 54.7 Å². The van der Waals surface area contributed by atoms with Crippen molar-refractivity contribution in [3.05, 3.63) is 140 Å². The van der Waals surface area contributed by atoms with Gasteiger partial charge in [-0.25, -0.2) is 15.0 Å². The number of aromatic nitrogens is 6. The molecule has 0 N–H and O–H groups in total. The fourth-order valence-corrected chi connectivity index (χ4v) is 6.54. The second-order valence-corrected chi connectivity index (χ2v) is 12.5. The highest BCUT2D eigenvalue weighted by Crippen LogP contribution is 2.45. The molecule has 0 unspecified atom stereocenters. The average Bonchev–Trinajstić information content (AvgIpc) is 3.67. The third kappa shape index (κ3) is 4.42. The molecule has 10 nitrogen and oxygen atoms in total. The van der Waals surface area contributed by atoms with Gasteiger partial charge in [-0.2, -0.15) is 10.5 Å². The standard InChI is InChI=1S/C36H16Br2N8O2/c37-19-8-12-21(13-9-19)45-30(25-7-3-4-16-41-25)28-29(33(48)24-6-2-1-5-23(24)32(28)47)31(45)35-44-34-36(43-27(18-40)26(17-39)42-34)46(35)22-14-10-20(38)11-15-22/h1-16H. The van der Waals surface area contributed by atoms with Crippen LogP contribution in [0, 0.1) is 22.7 Å². The molecule has 0 bridgehead atoms. The Labute approximate surface area is 288 Å². The van der Waals surface area contributed by atoms with Gasteiger partial charge < -0.3 is 4.57 Å². The van der Waals surface area contributed by atoms with Crippen LogP contribution < -0.4 is 0 Å². The first kappa shape index (κ1) is 29.3. The summed E-state index contributed by atoms with van der Waals surface area (Å²) in [6.45, 7) is 0. The molecular formula is C36H16Br2N8O2. The minimum atomic E-state index is -0.367. The first-order valence-corrected chi connectivity index (χ1v) is 16.0. The molecule has 7 aromatic rings. The van der Waals surface area contributed by atoms with Crippen LogP contribution in [0.4, 0.5) is 0 Å². The summed E-state index contributed by atoms with van der Waals surface area (Å²) in [6, 6.07) is 30.7. The summed E-state index contributed by atoms with van der Waals surface area (Å²) in [6.07, 6.45) is 1.63. The number of rotatable bonds is 4. The molecule has 0 amide bonds. The molecule has 4 heterocycles. The Morgan fingerprint density at radius 1 is 0.604 bits per heavy atom. The first-order valence-electron chi connectivity index (χ1n) is 14.4. The van der Waals surface area contributed by atoms with E-state index in [0.29, 0.717) is 28.5 Å². The highest BCUT2D eigenvalue weighted by atomic mass is 79.9. The average molecular weight is 752 g/mol. The number of ketones is 2. The van der Waals surface area contributed by atoms with Crippen molar-refractivity contribution in [2.75, 3.05) is 0 Å². The fourth-order valence-electron chi connectivity index (χ4n) is 6.01. The summed E-state index contributed by atoms with van der Waals surface area (Å²) in [5.74, 6) is -0.485. The van der Waals surface area contributed by atoms with Gasteiger partial charge in [-0.15, -0.1) is 0 Å². The number of hydrogen-bond acceptors (Lipinski definition) is 8. The van der Waals surface area contributed by atoms with E-state index in [1.807, 2.05) is 71.3 Å². The molecule has 0 saturated carbocycles. The van der Waals surface area contributed by atoms with E-state index in [2.05, 4.69) is 46.8 Å². The van der Waals surface area contributed by atoms with Crippen LogP contribution in [0.1, 0.15) is 43.2 Å². The number of hydrogen-bond donors (Lipinski definition) is 0. The van der Waals surface area contributed by atoms with E-state index in [4.69, 9.17) is 4.98 Å². The molecule has 0 spiro atoms. The van der Waals surface area contributed by atoms with Crippen LogP contribution >= 0.6 is 31.9 Å². The maximum absolute atomic E-state index is 14.7. The zero-order valence-corrected chi connectivity index (χ0v) is 27.6. The maximum atomic E-state index is 14.7. The van der Waals surface area contributed by atoms with Crippen LogP contribution in [-0.4, -0.2) is 40.6 Å². The third-order valence-electron chi connectivity index (χ3n) is 8.04. The maximum Gasteiger partial charge on any atom is 0.199 e. The van der Waals surface area contributed by atoms with Crippen molar-refractivity contribution in [3.8, 4) is 46.4 Å². The number of carbonyl (C=O) groups is 2. The van der Waals surface area contributed by atoms with Gasteiger partial charge in [0.2, 0.25) is 0 Å². The summed E-state index contributed by atoms with van der Waals surface area (Å²) in [7, 11) is 0. The van der Waals surface area contributed by atoms with Gasteiger partial charge in [-0.05, 0) is 60.7 Å². The minimum absolute atomic E-state index is 0.0788. The van der Waals surface area contributed by atoms with Crippen LogP contribution in [-0.2, 0) is 0 Å². The second kappa shape index (κ2) is 11.3. The summed E-state index contributed by atoms with van der Waals surface area (Å²) in [5.41, 5.74) is 3.15. The molecule has 0 saturated heterocycles. The molecule has 226 valence electrons. The lowest BCUT2D eigenvalue weighted by Gasteiger charge is -2.16. The Hall–Kier alpha value is -6.08. The van der Waals surface area contributed by atoms with E-state index in [0.717, 1.165) is 8.95 Å². The van der Waals surface area contributed by atoms with Crippen molar-refractivity contribution in [1.82, 2.24) is 29.1 Å². The van der Waals surface area contributed by atoms with E-state index >= 15 is 0 Å². The Bertz CT molecular complexity index is 2580. The molecule has 0 aliphatic heterocycles. The largest absolute Gasteiger partial charge is 0.303 e. The molecule has 4 aromatic heterocycles. The van der Waals surface area contributed by atoms with Gasteiger partial charge in [-0.1, -0.05) is 62.2 Å². The molecule has 0 atom stereocenters. The Kier molecular flexibility index (Phi) is 6.91. The van der Waals surface area contributed by atoms with Crippen molar-refractivity contribution in [2.45, 2.75) is 0 Å². The normalized spacial score (nSPS) is 12.0. The first-order chi connectivity index (χ1) is 23.4. The Morgan fingerprint density at radius 2 is 1.15 bits per heavy atom. The number of benzene rings is 3. The predicted octanol–water partition coefficient (Wildman–Crippen LogP) is 7.38.